The molecule has 0 aliphatic heterocycles. The van der Waals surface area contributed by atoms with Gasteiger partial charge in [0, 0.05) is 11.7 Å². The zero-order chi connectivity index (χ0) is 9.64. The van der Waals surface area contributed by atoms with Gasteiger partial charge in [0.25, 0.3) is 0 Å². The molecule has 0 spiro atoms. The van der Waals surface area contributed by atoms with Gasteiger partial charge in [0.2, 0.25) is 0 Å². The zero-order valence-electron chi connectivity index (χ0n) is 7.98. The quantitative estimate of drug-likeness (QED) is 0.641. The first-order valence-corrected chi connectivity index (χ1v) is 4.80. The van der Waals surface area contributed by atoms with Crippen LogP contribution in [0.4, 0.5) is 0 Å². The molecule has 1 aliphatic carbocycles. The monoisotopic (exact) mass is 183 g/mol. The Balaban J connectivity index is 0.000000128. The molecule has 1 nitrogen and oxygen atoms in total. The number of fused-ring (bicyclic) bond motifs is 1. The minimum atomic E-state index is 1.14. The summed E-state index contributed by atoms with van der Waals surface area (Å²) in [5.41, 5.74) is 1.21. The molecule has 1 heteroatoms. The van der Waals surface area contributed by atoms with Gasteiger partial charge >= 0.3 is 0 Å². The van der Waals surface area contributed by atoms with Crippen molar-refractivity contribution in [2.24, 2.45) is 0 Å². The molecular weight excluding hydrogens is 170 g/mol. The molecule has 1 aromatic carbocycles. The molecule has 1 aromatic heterocycles. The first kappa shape index (κ1) is 8.82. The highest BCUT2D eigenvalue weighted by molar-refractivity contribution is 5.78. The summed E-state index contributed by atoms with van der Waals surface area (Å²) in [5.74, 6) is 0. The van der Waals surface area contributed by atoms with E-state index in [0.29, 0.717) is 0 Å². The van der Waals surface area contributed by atoms with Crippen molar-refractivity contribution < 1.29 is 0 Å². The maximum Gasteiger partial charge on any atom is 0.0453 e. The highest BCUT2D eigenvalue weighted by atomic mass is 14.6. The van der Waals surface area contributed by atoms with Crippen molar-refractivity contribution in [3.8, 4) is 0 Å². The standard InChI is InChI=1S/C8H7N.C5H6/c1-2-4-8-7(3-1)5-6-9-8;1-2-4-5-3-1/h1-6,9H;1-4H,5H2. The lowest BCUT2D eigenvalue weighted by Gasteiger charge is -1.83. The van der Waals surface area contributed by atoms with E-state index in [1.807, 2.05) is 18.3 Å². The van der Waals surface area contributed by atoms with Crippen LogP contribution >= 0.6 is 0 Å². The second kappa shape index (κ2) is 4.47. The van der Waals surface area contributed by atoms with E-state index in [-0.39, 0.29) is 0 Å². The van der Waals surface area contributed by atoms with E-state index in [0.717, 1.165) is 6.42 Å². The summed E-state index contributed by atoms with van der Waals surface area (Å²) in [6.07, 6.45) is 11.4. The smallest absolute Gasteiger partial charge is 0.0453 e. The third-order valence-electron chi connectivity index (χ3n) is 2.12. The maximum absolute atomic E-state index is 3.12. The summed E-state index contributed by atoms with van der Waals surface area (Å²) in [5, 5.41) is 1.28. The Labute approximate surface area is 83.8 Å². The van der Waals surface area contributed by atoms with Crippen molar-refractivity contribution in [2.45, 2.75) is 6.42 Å². The Morgan fingerprint density at radius 1 is 0.929 bits per heavy atom. The SMILES string of the molecule is C1=CCC=C1.c1ccc2[nH]ccc2c1. The van der Waals surface area contributed by atoms with Crippen molar-refractivity contribution >= 4 is 10.9 Å². The minimum Gasteiger partial charge on any atom is -0.361 e. The van der Waals surface area contributed by atoms with Gasteiger partial charge in [0.05, 0.1) is 0 Å². The van der Waals surface area contributed by atoms with Crippen molar-refractivity contribution in [3.63, 3.8) is 0 Å². The predicted octanol–water partition coefficient (Wildman–Crippen LogP) is 3.67. The average molecular weight is 183 g/mol. The van der Waals surface area contributed by atoms with Crippen LogP contribution in [0.3, 0.4) is 0 Å². The van der Waals surface area contributed by atoms with Gasteiger partial charge in [0.15, 0.2) is 0 Å². The van der Waals surface area contributed by atoms with E-state index in [1.165, 1.54) is 10.9 Å². The molecule has 0 bridgehead atoms. The normalized spacial score (nSPS) is 12.9. The largest absolute Gasteiger partial charge is 0.361 e. The molecule has 0 unspecified atom stereocenters. The Kier molecular flexibility index (Phi) is 2.82. The number of hydrogen-bond acceptors (Lipinski definition) is 0. The van der Waals surface area contributed by atoms with Crippen molar-refractivity contribution in [1.82, 2.24) is 4.98 Å². The van der Waals surface area contributed by atoms with Crippen molar-refractivity contribution in [1.29, 1.82) is 0 Å². The lowest BCUT2D eigenvalue weighted by atomic mass is 10.3. The van der Waals surface area contributed by atoms with E-state index >= 15 is 0 Å². The first-order valence-electron chi connectivity index (χ1n) is 4.80. The fraction of sp³-hybridized carbons (Fsp3) is 0.0769. The third kappa shape index (κ3) is 2.13. The molecular formula is C13H13N. The Morgan fingerprint density at radius 2 is 1.71 bits per heavy atom. The van der Waals surface area contributed by atoms with Gasteiger partial charge < -0.3 is 4.98 Å². The number of rotatable bonds is 0. The molecule has 1 N–H and O–H groups in total. The number of para-hydroxylation sites is 1. The van der Waals surface area contributed by atoms with E-state index in [9.17, 15) is 0 Å². The van der Waals surface area contributed by atoms with Crippen LogP contribution < -0.4 is 0 Å². The molecule has 0 amide bonds. The molecule has 0 radical (unpaired) electrons. The van der Waals surface area contributed by atoms with Crippen LogP contribution in [0.2, 0.25) is 0 Å². The van der Waals surface area contributed by atoms with Crippen LogP contribution in [0.25, 0.3) is 10.9 Å². The molecule has 0 atom stereocenters. The van der Waals surface area contributed by atoms with Gasteiger partial charge in [0.1, 0.15) is 0 Å². The molecule has 3 rings (SSSR count). The van der Waals surface area contributed by atoms with E-state index in [1.54, 1.807) is 0 Å². The molecule has 0 saturated heterocycles. The molecule has 2 aromatic rings. The van der Waals surface area contributed by atoms with Gasteiger partial charge in [-0.05, 0) is 23.9 Å². The maximum atomic E-state index is 3.12. The van der Waals surface area contributed by atoms with Crippen LogP contribution in [-0.2, 0) is 0 Å². The molecule has 0 saturated carbocycles. The number of benzene rings is 1. The fourth-order valence-electron chi connectivity index (χ4n) is 1.39. The average Bonchev–Trinajstić information content (AvgIpc) is 2.92. The lowest BCUT2D eigenvalue weighted by molar-refractivity contribution is 1.45. The van der Waals surface area contributed by atoms with Gasteiger partial charge in [-0.3, -0.25) is 0 Å². The van der Waals surface area contributed by atoms with E-state index in [2.05, 4.69) is 47.5 Å². The van der Waals surface area contributed by atoms with Gasteiger partial charge in [-0.25, -0.2) is 0 Å². The Hall–Kier alpha value is -1.76. The fourth-order valence-corrected chi connectivity index (χ4v) is 1.39. The number of hydrogen-bond donors (Lipinski definition) is 1. The lowest BCUT2D eigenvalue weighted by Crippen LogP contribution is -1.61. The third-order valence-corrected chi connectivity index (χ3v) is 2.12. The number of nitrogens with one attached hydrogen (secondary N) is 1. The van der Waals surface area contributed by atoms with Crippen molar-refractivity contribution in [2.75, 3.05) is 0 Å². The molecule has 0 fully saturated rings. The summed E-state index contributed by atoms with van der Waals surface area (Å²) in [4.78, 5) is 3.12. The highest BCUT2D eigenvalue weighted by Crippen LogP contribution is 2.09. The molecule has 1 aliphatic rings. The summed E-state index contributed by atoms with van der Waals surface area (Å²) >= 11 is 0. The van der Waals surface area contributed by atoms with Gasteiger partial charge in [-0.15, -0.1) is 0 Å². The summed E-state index contributed by atoms with van der Waals surface area (Å²) < 4.78 is 0. The summed E-state index contributed by atoms with van der Waals surface area (Å²) in [6.45, 7) is 0. The van der Waals surface area contributed by atoms with Crippen LogP contribution in [0.1, 0.15) is 6.42 Å². The number of allylic oxidation sites excluding steroid dienone is 4. The number of H-pyrrole nitrogens is 1. The molecule has 70 valence electrons. The first-order chi connectivity index (χ1) is 6.97. The highest BCUT2D eigenvalue weighted by Gasteiger charge is 1.86. The number of aromatic nitrogens is 1. The second-order valence-electron chi connectivity index (χ2n) is 3.16. The predicted molar refractivity (Wildman–Crippen MR) is 61.2 cm³/mol. The van der Waals surface area contributed by atoms with Crippen LogP contribution in [-0.4, -0.2) is 4.98 Å². The second-order valence-corrected chi connectivity index (χ2v) is 3.16. The van der Waals surface area contributed by atoms with Gasteiger partial charge in [-0.1, -0.05) is 42.5 Å². The summed E-state index contributed by atoms with van der Waals surface area (Å²) in [7, 11) is 0. The van der Waals surface area contributed by atoms with Crippen molar-refractivity contribution in [3.05, 3.63) is 60.8 Å². The summed E-state index contributed by atoms with van der Waals surface area (Å²) in [6, 6.07) is 10.3. The Bertz CT molecular complexity index is 409. The van der Waals surface area contributed by atoms with E-state index in [4.69, 9.17) is 0 Å². The van der Waals surface area contributed by atoms with Crippen LogP contribution in [0.5, 0.6) is 0 Å². The minimum absolute atomic E-state index is 1.14. The van der Waals surface area contributed by atoms with Gasteiger partial charge in [-0.2, -0.15) is 0 Å². The molecule has 14 heavy (non-hydrogen) atoms. The number of aromatic amines is 1. The zero-order valence-corrected chi connectivity index (χ0v) is 7.98. The van der Waals surface area contributed by atoms with E-state index < -0.39 is 0 Å². The topological polar surface area (TPSA) is 15.8 Å². The van der Waals surface area contributed by atoms with Crippen LogP contribution in [0.15, 0.2) is 60.8 Å². The molecule has 1 heterocycles. The Morgan fingerprint density at radius 3 is 2.36 bits per heavy atom. The van der Waals surface area contributed by atoms with Crippen LogP contribution in [0, 0.1) is 0 Å².